The number of carbonyl (C=O) groups excluding carboxylic acids is 4. The van der Waals surface area contributed by atoms with Crippen molar-refractivity contribution in [1.82, 2.24) is 21.3 Å². The van der Waals surface area contributed by atoms with Gasteiger partial charge in [-0.05, 0) is 38.0 Å². The molecule has 0 rings (SSSR count). The first-order chi connectivity index (χ1) is 21.8. The third kappa shape index (κ3) is 18.4. The molecular weight excluding hydrogens is 626 g/mol. The topological polar surface area (TPSA) is 383 Å². The van der Waals surface area contributed by atoms with E-state index in [-0.39, 0.29) is 44.3 Å². The summed E-state index contributed by atoms with van der Waals surface area (Å²) >= 11 is 0. The van der Waals surface area contributed by atoms with Crippen molar-refractivity contribution in [2.24, 2.45) is 44.6 Å². The van der Waals surface area contributed by atoms with Gasteiger partial charge in [0.1, 0.15) is 24.2 Å². The van der Waals surface area contributed by atoms with Gasteiger partial charge in [-0.3, -0.25) is 38.8 Å². The van der Waals surface area contributed by atoms with Gasteiger partial charge in [0.25, 0.3) is 0 Å². The average Bonchev–Trinajstić information content (AvgIpc) is 2.95. The van der Waals surface area contributed by atoms with Crippen molar-refractivity contribution in [2.45, 2.75) is 89.0 Å². The van der Waals surface area contributed by atoms with Crippen LogP contribution in [0.1, 0.15) is 58.8 Å². The Kier molecular flexibility index (Phi) is 19.1. The van der Waals surface area contributed by atoms with Gasteiger partial charge in [0.15, 0.2) is 11.9 Å². The summed E-state index contributed by atoms with van der Waals surface area (Å²) in [4.78, 5) is 94.1. The summed E-state index contributed by atoms with van der Waals surface area (Å²) in [7, 11) is 0. The zero-order valence-corrected chi connectivity index (χ0v) is 26.3. The number of carboxylic acids is 3. The Labute approximate surface area is 270 Å². The summed E-state index contributed by atoms with van der Waals surface area (Å²) in [6.07, 6.45) is -1.63. The van der Waals surface area contributed by atoms with E-state index in [1.54, 1.807) is 13.8 Å². The standard InChI is InChI=1S/C26H47N11O10/c1-12(2)19(24(46)47)37-22(44)14(6-4-10-33-26(30)31)35-23(45)16(11-18(40)41)36-21(43)15(7-8-17(38)39)34-20(42)13(27)5-3-9-32-25(28)29/h12-16,19H,3-11,27H2,1-2H3,(H,34,42)(H,35,45)(H,36,43)(H,37,44)(H,38,39)(H,40,41)(H,46,47)(H4,28,29,32)(H4,30,31,33). The largest absolute Gasteiger partial charge is 0.481 e. The Morgan fingerprint density at radius 1 is 0.617 bits per heavy atom. The van der Waals surface area contributed by atoms with Crippen molar-refractivity contribution in [3.8, 4) is 0 Å². The molecule has 0 saturated heterocycles. The van der Waals surface area contributed by atoms with E-state index in [1.165, 1.54) is 0 Å². The van der Waals surface area contributed by atoms with Crippen LogP contribution in [0.25, 0.3) is 0 Å². The van der Waals surface area contributed by atoms with Crippen LogP contribution in [0.5, 0.6) is 0 Å². The van der Waals surface area contributed by atoms with Crippen LogP contribution >= 0.6 is 0 Å². The molecule has 0 aliphatic carbocycles. The minimum Gasteiger partial charge on any atom is -0.481 e. The van der Waals surface area contributed by atoms with Crippen molar-refractivity contribution < 1.29 is 48.9 Å². The van der Waals surface area contributed by atoms with Crippen molar-refractivity contribution in [1.29, 1.82) is 0 Å². The molecule has 266 valence electrons. The molecule has 0 aromatic heterocycles. The number of aliphatic imine (C=N–C) groups is 2. The van der Waals surface area contributed by atoms with Crippen LogP contribution in [0.3, 0.4) is 0 Å². The highest BCUT2D eigenvalue weighted by Crippen LogP contribution is 2.08. The lowest BCUT2D eigenvalue weighted by molar-refractivity contribution is -0.144. The molecule has 17 N–H and O–H groups in total. The fourth-order valence-corrected chi connectivity index (χ4v) is 3.93. The highest BCUT2D eigenvalue weighted by molar-refractivity contribution is 5.97. The second-order valence-electron chi connectivity index (χ2n) is 10.8. The number of amides is 4. The molecule has 0 fully saturated rings. The number of hydrogen-bond donors (Lipinski definition) is 12. The van der Waals surface area contributed by atoms with Gasteiger partial charge in [-0.25, -0.2) is 4.79 Å². The number of rotatable bonds is 23. The molecule has 0 heterocycles. The lowest BCUT2D eigenvalue weighted by Gasteiger charge is -2.26. The smallest absolute Gasteiger partial charge is 0.326 e. The van der Waals surface area contributed by atoms with Gasteiger partial charge in [-0.2, -0.15) is 0 Å². The first-order valence-corrected chi connectivity index (χ1v) is 14.6. The number of hydrogen-bond acceptors (Lipinski definition) is 10. The van der Waals surface area contributed by atoms with E-state index in [4.69, 9.17) is 33.8 Å². The number of carboxylic acid groups (broad SMARTS) is 3. The monoisotopic (exact) mass is 673 g/mol. The summed E-state index contributed by atoms with van der Waals surface area (Å²) in [6, 6.07) is -7.25. The van der Waals surface area contributed by atoms with Crippen LogP contribution in [0, 0.1) is 5.92 Å². The van der Waals surface area contributed by atoms with E-state index in [0.717, 1.165) is 0 Å². The van der Waals surface area contributed by atoms with Gasteiger partial charge < -0.3 is 65.3 Å². The fourth-order valence-electron chi connectivity index (χ4n) is 3.93. The van der Waals surface area contributed by atoms with Gasteiger partial charge in [0.2, 0.25) is 23.6 Å². The molecule has 0 saturated carbocycles. The van der Waals surface area contributed by atoms with Gasteiger partial charge in [-0.15, -0.1) is 0 Å². The van der Waals surface area contributed by atoms with Crippen molar-refractivity contribution in [2.75, 3.05) is 13.1 Å². The van der Waals surface area contributed by atoms with E-state index in [2.05, 4.69) is 31.3 Å². The highest BCUT2D eigenvalue weighted by atomic mass is 16.4. The van der Waals surface area contributed by atoms with Crippen LogP contribution < -0.4 is 49.9 Å². The van der Waals surface area contributed by atoms with Crippen LogP contribution in [-0.4, -0.2) is 112 Å². The van der Waals surface area contributed by atoms with Crippen LogP contribution in [-0.2, 0) is 33.6 Å². The predicted molar refractivity (Wildman–Crippen MR) is 167 cm³/mol. The maximum absolute atomic E-state index is 13.3. The average molecular weight is 674 g/mol. The predicted octanol–water partition coefficient (Wildman–Crippen LogP) is -4.56. The zero-order chi connectivity index (χ0) is 36.3. The number of guanidine groups is 2. The first kappa shape index (κ1) is 41.8. The number of nitrogens with zero attached hydrogens (tertiary/aromatic N) is 2. The molecule has 0 aliphatic rings. The second kappa shape index (κ2) is 21.5. The van der Waals surface area contributed by atoms with Crippen molar-refractivity contribution in [3.05, 3.63) is 0 Å². The Morgan fingerprint density at radius 3 is 1.53 bits per heavy atom. The maximum Gasteiger partial charge on any atom is 0.326 e. The Balaban J connectivity index is 5.98. The molecule has 5 atom stereocenters. The molecular formula is C26H47N11O10. The van der Waals surface area contributed by atoms with E-state index < -0.39 is 96.9 Å². The zero-order valence-electron chi connectivity index (χ0n) is 26.3. The number of carbonyl (C=O) groups is 7. The van der Waals surface area contributed by atoms with E-state index in [0.29, 0.717) is 6.42 Å². The molecule has 0 bridgehead atoms. The molecule has 5 unspecified atom stereocenters. The van der Waals surface area contributed by atoms with Gasteiger partial charge in [0.05, 0.1) is 12.5 Å². The summed E-state index contributed by atoms with van der Waals surface area (Å²) < 4.78 is 0. The van der Waals surface area contributed by atoms with Crippen molar-refractivity contribution in [3.63, 3.8) is 0 Å². The van der Waals surface area contributed by atoms with Crippen molar-refractivity contribution >= 4 is 53.5 Å². The summed E-state index contributed by atoms with van der Waals surface area (Å²) in [5.74, 6) is -9.11. The molecule has 0 radical (unpaired) electrons. The minimum atomic E-state index is -1.81. The maximum atomic E-state index is 13.3. The number of aliphatic carboxylic acids is 3. The molecule has 4 amide bonds. The van der Waals surface area contributed by atoms with Gasteiger partial charge in [-0.1, -0.05) is 13.8 Å². The normalized spacial score (nSPS) is 13.9. The molecule has 21 heteroatoms. The Hall–Kier alpha value is -5.21. The third-order valence-corrected chi connectivity index (χ3v) is 6.40. The SMILES string of the molecule is CC(C)C(NC(=O)C(CCCN=C(N)N)NC(=O)C(CC(=O)O)NC(=O)C(CCC(=O)O)NC(=O)C(N)CCCN=C(N)N)C(=O)O. The third-order valence-electron chi connectivity index (χ3n) is 6.40. The Bertz CT molecular complexity index is 1170. The highest BCUT2D eigenvalue weighted by Gasteiger charge is 2.33. The van der Waals surface area contributed by atoms with Crippen LogP contribution in [0.4, 0.5) is 0 Å². The summed E-state index contributed by atoms with van der Waals surface area (Å²) in [5.41, 5.74) is 26.9. The van der Waals surface area contributed by atoms with Crippen LogP contribution in [0.2, 0.25) is 0 Å². The van der Waals surface area contributed by atoms with E-state index in [9.17, 15) is 43.8 Å². The lowest BCUT2D eigenvalue weighted by Crippen LogP contribution is -2.59. The summed E-state index contributed by atoms with van der Waals surface area (Å²) in [5, 5.41) is 37.1. The van der Waals surface area contributed by atoms with E-state index in [1.807, 2.05) is 0 Å². The molecule has 21 nitrogen and oxygen atoms in total. The van der Waals surface area contributed by atoms with Gasteiger partial charge in [0, 0.05) is 19.5 Å². The number of nitrogens with one attached hydrogen (secondary N) is 4. The Morgan fingerprint density at radius 2 is 1.06 bits per heavy atom. The minimum absolute atomic E-state index is 0.0329. The second-order valence-corrected chi connectivity index (χ2v) is 10.8. The molecule has 47 heavy (non-hydrogen) atoms. The van der Waals surface area contributed by atoms with E-state index >= 15 is 0 Å². The quantitative estimate of drug-likeness (QED) is 0.0276. The fraction of sp³-hybridized carbons (Fsp3) is 0.654. The van der Waals surface area contributed by atoms with Gasteiger partial charge >= 0.3 is 17.9 Å². The number of nitrogens with two attached hydrogens (primary N) is 5. The molecule has 0 aromatic carbocycles. The molecule has 0 aliphatic heterocycles. The van der Waals surface area contributed by atoms with Crippen LogP contribution in [0.15, 0.2) is 9.98 Å². The lowest BCUT2D eigenvalue weighted by atomic mass is 10.0. The molecule has 0 spiro atoms. The first-order valence-electron chi connectivity index (χ1n) is 14.6. The summed E-state index contributed by atoms with van der Waals surface area (Å²) in [6.45, 7) is 3.29. The molecule has 0 aromatic rings.